The van der Waals surface area contributed by atoms with Gasteiger partial charge in [-0.1, -0.05) is 12.8 Å². The number of carbonyl (C=O) groups is 2. The molecule has 2 heterocycles. The average molecular weight is 496 g/mol. The zero-order valence-electron chi connectivity index (χ0n) is 21.1. The molecule has 0 aliphatic heterocycles. The van der Waals surface area contributed by atoms with Crippen LogP contribution in [0.5, 0.6) is 5.75 Å². The van der Waals surface area contributed by atoms with E-state index in [1.165, 1.54) is 0 Å². The van der Waals surface area contributed by atoms with Crippen molar-refractivity contribution >= 4 is 12.1 Å². The van der Waals surface area contributed by atoms with Crippen molar-refractivity contribution in [2.24, 2.45) is 13.0 Å². The van der Waals surface area contributed by atoms with Crippen LogP contribution in [0.15, 0.2) is 12.1 Å². The van der Waals surface area contributed by atoms with Gasteiger partial charge < -0.3 is 19.5 Å². The summed E-state index contributed by atoms with van der Waals surface area (Å²) in [6.45, 7) is 1.78. The van der Waals surface area contributed by atoms with Crippen molar-refractivity contribution in [2.75, 3.05) is 7.05 Å². The van der Waals surface area contributed by atoms with Crippen LogP contribution in [0.1, 0.15) is 68.4 Å². The molecule has 36 heavy (non-hydrogen) atoms. The van der Waals surface area contributed by atoms with Gasteiger partial charge in [-0.05, 0) is 57.6 Å². The van der Waals surface area contributed by atoms with Crippen molar-refractivity contribution < 1.29 is 24.2 Å². The van der Waals surface area contributed by atoms with E-state index in [0.717, 1.165) is 38.5 Å². The second-order valence-electron chi connectivity index (χ2n) is 9.73. The highest BCUT2D eigenvalue weighted by molar-refractivity contribution is 5.71. The molecule has 0 saturated heterocycles. The lowest BCUT2D eigenvalue weighted by molar-refractivity contribution is -0.143. The minimum atomic E-state index is -0.781. The molecule has 0 unspecified atom stereocenters. The number of nitriles is 1. The van der Waals surface area contributed by atoms with Crippen LogP contribution in [0.25, 0.3) is 11.3 Å². The van der Waals surface area contributed by atoms with E-state index < -0.39 is 12.1 Å². The summed E-state index contributed by atoms with van der Waals surface area (Å²) in [4.78, 5) is 30.3. The molecule has 2 fully saturated rings. The molecular formula is C26H33N5O5. The molecule has 0 bridgehead atoms. The number of carboxylic acid groups (broad SMARTS) is 1. The molecule has 2 saturated carbocycles. The van der Waals surface area contributed by atoms with Gasteiger partial charge in [0.2, 0.25) is 0 Å². The first-order valence-corrected chi connectivity index (χ1v) is 12.5. The summed E-state index contributed by atoms with van der Waals surface area (Å²) in [7, 11) is 3.47. The fraction of sp³-hybridized carbons (Fsp3) is 0.577. The molecule has 0 spiro atoms. The van der Waals surface area contributed by atoms with E-state index in [-0.39, 0.29) is 30.4 Å². The molecule has 1 N–H and O–H groups in total. The minimum absolute atomic E-state index is 0.0337. The third-order valence-corrected chi connectivity index (χ3v) is 7.33. The lowest BCUT2D eigenvalue weighted by atomic mass is 9.87. The van der Waals surface area contributed by atoms with E-state index in [9.17, 15) is 20.0 Å². The van der Waals surface area contributed by atoms with E-state index in [1.807, 2.05) is 6.92 Å². The third-order valence-electron chi connectivity index (χ3n) is 7.33. The SMILES string of the molecule is Cc1nc(-c2c(C#N)nn(C)c2COC(=O)N(C)C2CCCC2)ccc1O[C@H]1CCC[C@H](C(=O)O)C1. The molecule has 4 rings (SSSR count). The number of aromatic nitrogens is 3. The van der Waals surface area contributed by atoms with Crippen molar-refractivity contribution in [3.8, 4) is 23.1 Å². The fourth-order valence-corrected chi connectivity index (χ4v) is 5.21. The van der Waals surface area contributed by atoms with Crippen LogP contribution in [0, 0.1) is 24.2 Å². The van der Waals surface area contributed by atoms with Gasteiger partial charge in [0, 0.05) is 20.1 Å². The highest BCUT2D eigenvalue weighted by Crippen LogP contribution is 2.32. The van der Waals surface area contributed by atoms with Gasteiger partial charge in [-0.3, -0.25) is 9.48 Å². The van der Waals surface area contributed by atoms with E-state index in [1.54, 1.807) is 35.8 Å². The van der Waals surface area contributed by atoms with Crippen LogP contribution in [0.2, 0.25) is 0 Å². The molecule has 10 nitrogen and oxygen atoms in total. The molecule has 0 aromatic carbocycles. The van der Waals surface area contributed by atoms with Gasteiger partial charge >= 0.3 is 12.1 Å². The first kappa shape index (κ1) is 25.5. The Bertz CT molecular complexity index is 1160. The normalized spacial score (nSPS) is 20.1. The molecule has 2 aromatic heterocycles. The molecular weight excluding hydrogens is 462 g/mol. The van der Waals surface area contributed by atoms with Crippen LogP contribution < -0.4 is 4.74 Å². The van der Waals surface area contributed by atoms with Crippen LogP contribution in [0.4, 0.5) is 4.79 Å². The zero-order valence-corrected chi connectivity index (χ0v) is 21.1. The van der Waals surface area contributed by atoms with Crippen molar-refractivity contribution in [2.45, 2.75) is 77.0 Å². The van der Waals surface area contributed by atoms with E-state index in [2.05, 4.69) is 16.2 Å². The van der Waals surface area contributed by atoms with Crippen LogP contribution in [-0.2, 0) is 23.2 Å². The number of carboxylic acids is 1. The Labute approximate surface area is 210 Å². The second kappa shape index (κ2) is 11.0. The lowest BCUT2D eigenvalue weighted by Gasteiger charge is -2.27. The number of nitrogens with zero attached hydrogens (tertiary/aromatic N) is 5. The summed E-state index contributed by atoms with van der Waals surface area (Å²) in [6.07, 6.45) is 6.39. The van der Waals surface area contributed by atoms with Gasteiger partial charge in [-0.15, -0.1) is 0 Å². The molecule has 1 amide bonds. The Morgan fingerprint density at radius 1 is 1.22 bits per heavy atom. The van der Waals surface area contributed by atoms with Crippen LogP contribution in [-0.4, -0.2) is 56.0 Å². The zero-order chi connectivity index (χ0) is 25.8. The fourth-order valence-electron chi connectivity index (χ4n) is 5.21. The molecule has 2 aromatic rings. The first-order valence-electron chi connectivity index (χ1n) is 12.5. The molecule has 2 aliphatic rings. The molecule has 2 atom stereocenters. The second-order valence-corrected chi connectivity index (χ2v) is 9.73. The topological polar surface area (TPSA) is 131 Å². The lowest BCUT2D eigenvalue weighted by Crippen LogP contribution is -2.35. The van der Waals surface area contributed by atoms with Gasteiger partial charge in [0.05, 0.1) is 34.7 Å². The smallest absolute Gasteiger partial charge is 0.410 e. The molecule has 0 radical (unpaired) electrons. The number of ether oxygens (including phenoxy) is 2. The predicted octanol–water partition coefficient (Wildman–Crippen LogP) is 4.20. The standard InChI is InChI=1S/C26H33N5O5/c1-16-23(36-19-10-6-7-17(13-19)25(32)33)12-11-20(28-16)24-21(14-27)29-31(3)22(24)15-35-26(34)30(2)18-8-4-5-9-18/h11-12,17-19H,4-10,13,15H2,1-3H3,(H,32,33)/t17-,19-/m0/s1. The minimum Gasteiger partial charge on any atom is -0.489 e. The van der Waals surface area contributed by atoms with Crippen molar-refractivity contribution in [1.82, 2.24) is 19.7 Å². The molecule has 192 valence electrons. The average Bonchev–Trinajstić information content (AvgIpc) is 3.51. The monoisotopic (exact) mass is 495 g/mol. The largest absolute Gasteiger partial charge is 0.489 e. The van der Waals surface area contributed by atoms with Crippen LogP contribution in [0.3, 0.4) is 0 Å². The summed E-state index contributed by atoms with van der Waals surface area (Å²) in [6, 6.07) is 5.86. The number of rotatable bonds is 7. The van der Waals surface area contributed by atoms with E-state index in [4.69, 9.17) is 9.47 Å². The van der Waals surface area contributed by atoms with Gasteiger partial charge in [-0.2, -0.15) is 10.4 Å². The molecule has 2 aliphatic carbocycles. The maximum Gasteiger partial charge on any atom is 0.410 e. The molecule has 10 heteroatoms. The quantitative estimate of drug-likeness (QED) is 0.605. The maximum absolute atomic E-state index is 12.6. The summed E-state index contributed by atoms with van der Waals surface area (Å²) in [5, 5.41) is 23.3. The van der Waals surface area contributed by atoms with Gasteiger partial charge in [0.25, 0.3) is 0 Å². The summed E-state index contributed by atoms with van der Waals surface area (Å²) in [5.41, 5.74) is 2.46. The number of carbonyl (C=O) groups excluding carboxylic acids is 1. The van der Waals surface area contributed by atoms with E-state index in [0.29, 0.717) is 41.2 Å². The third kappa shape index (κ3) is 5.45. The number of aryl methyl sites for hydroxylation is 2. The Morgan fingerprint density at radius 2 is 1.97 bits per heavy atom. The van der Waals surface area contributed by atoms with Crippen molar-refractivity contribution in [3.05, 3.63) is 29.2 Å². The number of aliphatic carboxylic acids is 1. The number of pyridine rings is 1. The van der Waals surface area contributed by atoms with Gasteiger partial charge in [-0.25, -0.2) is 9.78 Å². The van der Waals surface area contributed by atoms with Crippen molar-refractivity contribution in [1.29, 1.82) is 5.26 Å². The van der Waals surface area contributed by atoms with Crippen LogP contribution >= 0.6 is 0 Å². The van der Waals surface area contributed by atoms with Gasteiger partial charge in [0.15, 0.2) is 5.69 Å². The summed E-state index contributed by atoms with van der Waals surface area (Å²) in [5.74, 6) is -0.581. The number of amides is 1. The summed E-state index contributed by atoms with van der Waals surface area (Å²) < 4.78 is 13.3. The Morgan fingerprint density at radius 3 is 2.64 bits per heavy atom. The first-order chi connectivity index (χ1) is 17.3. The predicted molar refractivity (Wildman–Crippen MR) is 130 cm³/mol. The number of hydrogen-bond acceptors (Lipinski definition) is 7. The Kier molecular flexibility index (Phi) is 7.77. The Balaban J connectivity index is 1.51. The number of hydrogen-bond donors (Lipinski definition) is 1. The maximum atomic E-state index is 12.6. The van der Waals surface area contributed by atoms with Gasteiger partial charge in [0.1, 0.15) is 18.4 Å². The summed E-state index contributed by atoms with van der Waals surface area (Å²) >= 11 is 0. The van der Waals surface area contributed by atoms with Crippen molar-refractivity contribution in [3.63, 3.8) is 0 Å². The highest BCUT2D eigenvalue weighted by Gasteiger charge is 2.29. The van der Waals surface area contributed by atoms with E-state index >= 15 is 0 Å². The Hall–Kier alpha value is -3.61. The highest BCUT2D eigenvalue weighted by atomic mass is 16.6.